The van der Waals surface area contributed by atoms with Crippen molar-refractivity contribution in [2.75, 3.05) is 27.2 Å². The standard InChI is InChI=1S/C15H22N6/c1-11(20(4)7-6-16-2)13-8-14(19-15(13)17-3)12-9-18-21(5)10-12/h8-10,16,19H,1,3,6-7H2,2,4-5H3. The van der Waals surface area contributed by atoms with E-state index in [2.05, 4.69) is 38.6 Å². The molecule has 2 heterocycles. The van der Waals surface area contributed by atoms with E-state index >= 15 is 0 Å². The summed E-state index contributed by atoms with van der Waals surface area (Å²) in [6.45, 7) is 9.57. The molecule has 21 heavy (non-hydrogen) atoms. The maximum atomic E-state index is 4.19. The largest absolute Gasteiger partial charge is 0.373 e. The van der Waals surface area contributed by atoms with Crippen LogP contribution < -0.4 is 5.32 Å². The van der Waals surface area contributed by atoms with E-state index in [1.165, 1.54) is 0 Å². The lowest BCUT2D eigenvalue weighted by Crippen LogP contribution is -2.25. The molecule has 0 aromatic carbocycles. The van der Waals surface area contributed by atoms with Crippen molar-refractivity contribution < 1.29 is 0 Å². The Morgan fingerprint density at radius 2 is 2.33 bits per heavy atom. The summed E-state index contributed by atoms with van der Waals surface area (Å²) in [4.78, 5) is 9.44. The molecular weight excluding hydrogens is 264 g/mol. The molecule has 0 amide bonds. The van der Waals surface area contributed by atoms with E-state index in [4.69, 9.17) is 0 Å². The van der Waals surface area contributed by atoms with Gasteiger partial charge >= 0.3 is 0 Å². The average Bonchev–Trinajstić information content (AvgIpc) is 3.09. The van der Waals surface area contributed by atoms with Crippen LogP contribution in [-0.4, -0.2) is 53.6 Å². The van der Waals surface area contributed by atoms with Gasteiger partial charge in [-0.2, -0.15) is 5.10 Å². The lowest BCUT2D eigenvalue weighted by Gasteiger charge is -2.21. The van der Waals surface area contributed by atoms with Crippen molar-refractivity contribution in [3.8, 4) is 11.3 Å². The Balaban J connectivity index is 2.29. The fraction of sp³-hybridized carbons (Fsp3) is 0.333. The Bertz CT molecular complexity index is 636. The highest BCUT2D eigenvalue weighted by molar-refractivity contribution is 5.77. The molecule has 2 aromatic heterocycles. The van der Waals surface area contributed by atoms with E-state index in [0.29, 0.717) is 0 Å². The Morgan fingerprint density at radius 3 is 2.90 bits per heavy atom. The third-order valence-corrected chi connectivity index (χ3v) is 3.44. The third kappa shape index (κ3) is 3.22. The first kappa shape index (κ1) is 15.1. The lowest BCUT2D eigenvalue weighted by molar-refractivity contribution is 0.474. The number of hydrogen-bond acceptors (Lipinski definition) is 4. The lowest BCUT2D eigenvalue weighted by atomic mass is 10.2. The fourth-order valence-electron chi connectivity index (χ4n) is 2.12. The van der Waals surface area contributed by atoms with Crippen molar-refractivity contribution in [3.05, 3.63) is 30.6 Å². The molecule has 6 heteroatoms. The van der Waals surface area contributed by atoms with Crippen molar-refractivity contribution in [2.24, 2.45) is 12.0 Å². The Morgan fingerprint density at radius 1 is 1.57 bits per heavy atom. The topological polar surface area (TPSA) is 61.2 Å². The van der Waals surface area contributed by atoms with Gasteiger partial charge in [0.15, 0.2) is 0 Å². The van der Waals surface area contributed by atoms with Crippen LogP contribution >= 0.6 is 0 Å². The predicted octanol–water partition coefficient (Wildman–Crippen LogP) is 1.87. The molecule has 2 N–H and O–H groups in total. The number of nitrogens with zero attached hydrogens (tertiary/aromatic N) is 4. The molecule has 0 fully saturated rings. The van der Waals surface area contributed by atoms with Crippen molar-refractivity contribution in [1.82, 2.24) is 25.0 Å². The average molecular weight is 286 g/mol. The van der Waals surface area contributed by atoms with E-state index in [-0.39, 0.29) is 0 Å². The zero-order valence-electron chi connectivity index (χ0n) is 12.8. The normalized spacial score (nSPS) is 10.6. The summed E-state index contributed by atoms with van der Waals surface area (Å²) in [6.07, 6.45) is 3.77. The first-order valence-corrected chi connectivity index (χ1v) is 6.80. The number of aromatic nitrogens is 3. The molecule has 0 unspecified atom stereocenters. The summed E-state index contributed by atoms with van der Waals surface area (Å²) >= 11 is 0. The number of likely N-dealkylation sites (N-methyl/N-ethyl adjacent to an activating group) is 2. The van der Waals surface area contributed by atoms with Gasteiger partial charge in [-0.3, -0.25) is 4.68 Å². The molecule has 0 aliphatic carbocycles. The van der Waals surface area contributed by atoms with Crippen molar-refractivity contribution in [2.45, 2.75) is 0 Å². The van der Waals surface area contributed by atoms with Crippen molar-refractivity contribution in [1.29, 1.82) is 0 Å². The molecule has 0 aliphatic heterocycles. The van der Waals surface area contributed by atoms with Crippen LogP contribution in [0.3, 0.4) is 0 Å². The Labute approximate surface area is 125 Å². The zero-order valence-corrected chi connectivity index (χ0v) is 12.8. The first-order valence-electron chi connectivity index (χ1n) is 6.80. The highest BCUT2D eigenvalue weighted by atomic mass is 15.2. The number of aliphatic imine (C=N–C) groups is 1. The van der Waals surface area contributed by atoms with E-state index < -0.39 is 0 Å². The third-order valence-electron chi connectivity index (χ3n) is 3.44. The number of aryl methyl sites for hydroxylation is 1. The predicted molar refractivity (Wildman–Crippen MR) is 87.8 cm³/mol. The smallest absolute Gasteiger partial charge is 0.139 e. The van der Waals surface area contributed by atoms with Crippen LogP contribution in [0.5, 0.6) is 0 Å². The minimum Gasteiger partial charge on any atom is -0.373 e. The number of rotatable bonds is 7. The quantitative estimate of drug-likeness (QED) is 0.764. The highest BCUT2D eigenvalue weighted by Crippen LogP contribution is 2.31. The summed E-state index contributed by atoms with van der Waals surface area (Å²) in [6, 6.07) is 2.04. The second-order valence-corrected chi connectivity index (χ2v) is 4.98. The summed E-state index contributed by atoms with van der Waals surface area (Å²) in [5, 5.41) is 7.32. The summed E-state index contributed by atoms with van der Waals surface area (Å²) in [5.74, 6) is 0.732. The van der Waals surface area contributed by atoms with E-state index in [1.807, 2.05) is 39.6 Å². The van der Waals surface area contributed by atoms with Crippen molar-refractivity contribution >= 4 is 18.2 Å². The van der Waals surface area contributed by atoms with Gasteiger partial charge in [0.2, 0.25) is 0 Å². The molecule has 0 atom stereocenters. The van der Waals surface area contributed by atoms with Gasteiger partial charge < -0.3 is 15.2 Å². The Kier molecular flexibility index (Phi) is 4.59. The van der Waals surface area contributed by atoms with E-state index in [1.54, 1.807) is 4.68 Å². The SMILES string of the molecule is C=Nc1[nH]c(-c2cnn(C)c2)cc1C(=C)N(C)CCNC. The summed E-state index contributed by atoms with van der Waals surface area (Å²) in [7, 11) is 5.85. The van der Waals surface area contributed by atoms with Gasteiger partial charge in [0.1, 0.15) is 5.82 Å². The minimum atomic E-state index is 0.732. The van der Waals surface area contributed by atoms with Gasteiger partial charge in [0.25, 0.3) is 0 Å². The van der Waals surface area contributed by atoms with Crippen molar-refractivity contribution in [3.63, 3.8) is 0 Å². The zero-order chi connectivity index (χ0) is 15.4. The first-order chi connectivity index (χ1) is 10.1. The molecule has 112 valence electrons. The number of hydrogen-bond donors (Lipinski definition) is 2. The molecule has 0 bridgehead atoms. The molecule has 0 radical (unpaired) electrons. The maximum Gasteiger partial charge on any atom is 0.139 e. The van der Waals surface area contributed by atoms with Crippen LogP contribution in [0.1, 0.15) is 5.56 Å². The Hall–Kier alpha value is -2.34. The number of aromatic amines is 1. The fourth-order valence-corrected chi connectivity index (χ4v) is 2.12. The summed E-state index contributed by atoms with van der Waals surface area (Å²) < 4.78 is 1.77. The second kappa shape index (κ2) is 6.41. The van der Waals surface area contributed by atoms with Crippen LogP contribution in [0, 0.1) is 0 Å². The molecule has 0 aliphatic rings. The maximum absolute atomic E-state index is 4.19. The van der Waals surface area contributed by atoms with Gasteiger partial charge in [-0.25, -0.2) is 4.99 Å². The van der Waals surface area contributed by atoms with Crippen LogP contribution in [0.15, 0.2) is 30.0 Å². The van der Waals surface area contributed by atoms with Crippen LogP contribution in [-0.2, 0) is 7.05 Å². The van der Waals surface area contributed by atoms with Crippen LogP contribution in [0.2, 0.25) is 0 Å². The van der Waals surface area contributed by atoms with Gasteiger partial charge in [-0.15, -0.1) is 0 Å². The molecule has 6 nitrogen and oxygen atoms in total. The van der Waals surface area contributed by atoms with Crippen LogP contribution in [0.25, 0.3) is 17.0 Å². The molecular formula is C15H22N6. The molecule has 2 aromatic rings. The monoisotopic (exact) mass is 286 g/mol. The number of nitrogens with one attached hydrogen (secondary N) is 2. The molecule has 0 saturated heterocycles. The second-order valence-electron chi connectivity index (χ2n) is 4.98. The summed E-state index contributed by atoms with van der Waals surface area (Å²) in [5.41, 5.74) is 3.85. The van der Waals surface area contributed by atoms with Gasteiger partial charge in [0.05, 0.1) is 11.9 Å². The minimum absolute atomic E-state index is 0.732. The highest BCUT2D eigenvalue weighted by Gasteiger charge is 2.14. The van der Waals surface area contributed by atoms with Crippen LogP contribution in [0.4, 0.5) is 5.82 Å². The van der Waals surface area contributed by atoms with Gasteiger partial charge in [-0.05, 0) is 19.8 Å². The molecule has 0 saturated carbocycles. The van der Waals surface area contributed by atoms with E-state index in [0.717, 1.165) is 41.4 Å². The van der Waals surface area contributed by atoms with Gasteiger partial charge in [0, 0.05) is 50.2 Å². The molecule has 0 spiro atoms. The van der Waals surface area contributed by atoms with E-state index in [9.17, 15) is 0 Å². The van der Waals surface area contributed by atoms with Gasteiger partial charge in [-0.1, -0.05) is 6.58 Å². The number of H-pyrrole nitrogens is 1. The molecule has 2 rings (SSSR count).